The first kappa shape index (κ1) is 21.4. The molecule has 1 amide bonds. The summed E-state index contributed by atoms with van der Waals surface area (Å²) in [4.78, 5) is 41.5. The number of nitrogen functional groups attached to an aromatic ring is 1. The van der Waals surface area contributed by atoms with Gasteiger partial charge in [-0.15, -0.1) is 0 Å². The molecular formula is C20H28N4O4. The second-order valence-corrected chi connectivity index (χ2v) is 6.71. The summed E-state index contributed by atoms with van der Waals surface area (Å²) in [6.45, 7) is 4.61. The van der Waals surface area contributed by atoms with Crippen molar-refractivity contribution in [2.75, 3.05) is 30.9 Å². The zero-order valence-electron chi connectivity index (χ0n) is 16.6. The van der Waals surface area contributed by atoms with Crippen molar-refractivity contribution in [1.29, 1.82) is 0 Å². The van der Waals surface area contributed by atoms with Crippen molar-refractivity contribution in [2.24, 2.45) is 5.92 Å². The van der Waals surface area contributed by atoms with Gasteiger partial charge in [-0.05, 0) is 18.4 Å². The first-order valence-corrected chi connectivity index (χ1v) is 9.37. The fraction of sp³-hybridized carbons (Fsp3) is 0.450. The lowest BCUT2D eigenvalue weighted by atomic mass is 10.1. The fourth-order valence-electron chi connectivity index (χ4n) is 2.90. The second-order valence-electron chi connectivity index (χ2n) is 6.71. The van der Waals surface area contributed by atoms with E-state index in [2.05, 4.69) is 4.98 Å². The number of ether oxygens (including phenoxy) is 1. The molecule has 8 nitrogen and oxygen atoms in total. The van der Waals surface area contributed by atoms with E-state index < -0.39 is 11.2 Å². The molecule has 1 atom stereocenters. The SMILES string of the molecule is CCC(C)C(=O)N(CCCOC)c1c(N)n(Cc2ccccc2)c(=O)[nH]c1=O. The predicted octanol–water partition coefficient (Wildman–Crippen LogP) is 1.58. The van der Waals surface area contributed by atoms with Gasteiger partial charge in [0.2, 0.25) is 5.91 Å². The number of amides is 1. The minimum Gasteiger partial charge on any atom is -0.385 e. The number of hydrogen-bond acceptors (Lipinski definition) is 5. The molecule has 0 bridgehead atoms. The van der Waals surface area contributed by atoms with Crippen LogP contribution in [0.3, 0.4) is 0 Å². The summed E-state index contributed by atoms with van der Waals surface area (Å²) >= 11 is 0. The van der Waals surface area contributed by atoms with E-state index in [0.717, 1.165) is 5.56 Å². The molecule has 0 saturated carbocycles. The molecule has 3 N–H and O–H groups in total. The molecule has 1 aromatic heterocycles. The molecule has 2 aromatic rings. The van der Waals surface area contributed by atoms with Crippen LogP contribution in [0.1, 0.15) is 32.3 Å². The highest BCUT2D eigenvalue weighted by Crippen LogP contribution is 2.21. The van der Waals surface area contributed by atoms with Gasteiger partial charge in [0.25, 0.3) is 5.56 Å². The van der Waals surface area contributed by atoms with Crippen LogP contribution in [0.4, 0.5) is 11.5 Å². The Balaban J connectivity index is 2.52. The van der Waals surface area contributed by atoms with E-state index in [0.29, 0.717) is 19.4 Å². The molecule has 0 aliphatic carbocycles. The molecule has 2 rings (SSSR count). The Morgan fingerprint density at radius 1 is 1.29 bits per heavy atom. The normalized spacial score (nSPS) is 12.0. The minimum atomic E-state index is -0.666. The summed E-state index contributed by atoms with van der Waals surface area (Å²) in [5.74, 6) is -0.511. The monoisotopic (exact) mass is 388 g/mol. The molecule has 0 aliphatic heterocycles. The van der Waals surface area contributed by atoms with Gasteiger partial charge in [-0.1, -0.05) is 44.2 Å². The molecule has 1 aromatic carbocycles. The van der Waals surface area contributed by atoms with Crippen molar-refractivity contribution in [3.63, 3.8) is 0 Å². The van der Waals surface area contributed by atoms with Crippen molar-refractivity contribution in [3.05, 3.63) is 56.7 Å². The molecule has 28 heavy (non-hydrogen) atoms. The van der Waals surface area contributed by atoms with Crippen molar-refractivity contribution in [1.82, 2.24) is 9.55 Å². The quantitative estimate of drug-likeness (QED) is 0.634. The van der Waals surface area contributed by atoms with Gasteiger partial charge in [-0.3, -0.25) is 19.1 Å². The maximum atomic E-state index is 12.9. The number of methoxy groups -OCH3 is 1. The lowest BCUT2D eigenvalue weighted by Gasteiger charge is -2.26. The number of hydrogen-bond donors (Lipinski definition) is 2. The van der Waals surface area contributed by atoms with E-state index in [1.165, 1.54) is 9.47 Å². The Labute approximate surface area is 163 Å². The molecule has 152 valence electrons. The molecule has 1 unspecified atom stereocenters. The topological polar surface area (TPSA) is 110 Å². The van der Waals surface area contributed by atoms with Gasteiger partial charge in [-0.2, -0.15) is 0 Å². The van der Waals surface area contributed by atoms with Crippen LogP contribution < -0.4 is 21.9 Å². The lowest BCUT2D eigenvalue weighted by Crippen LogP contribution is -2.43. The highest BCUT2D eigenvalue weighted by atomic mass is 16.5. The molecule has 0 saturated heterocycles. The van der Waals surface area contributed by atoms with Crippen LogP contribution >= 0.6 is 0 Å². The van der Waals surface area contributed by atoms with E-state index >= 15 is 0 Å². The van der Waals surface area contributed by atoms with Crippen molar-refractivity contribution in [2.45, 2.75) is 33.2 Å². The number of nitrogens with two attached hydrogens (primary N) is 1. The third-order valence-corrected chi connectivity index (χ3v) is 4.70. The van der Waals surface area contributed by atoms with Crippen LogP contribution in [0.25, 0.3) is 0 Å². The Morgan fingerprint density at radius 2 is 1.96 bits per heavy atom. The van der Waals surface area contributed by atoms with Crippen LogP contribution in [-0.4, -0.2) is 35.7 Å². The van der Waals surface area contributed by atoms with E-state index in [1.807, 2.05) is 37.3 Å². The number of aromatic amines is 1. The average Bonchev–Trinajstić information content (AvgIpc) is 2.69. The van der Waals surface area contributed by atoms with E-state index in [-0.39, 0.29) is 36.4 Å². The molecule has 1 heterocycles. The largest absolute Gasteiger partial charge is 0.385 e. The first-order valence-electron chi connectivity index (χ1n) is 9.37. The summed E-state index contributed by atoms with van der Waals surface area (Å²) in [6, 6.07) is 9.30. The van der Waals surface area contributed by atoms with Crippen molar-refractivity contribution >= 4 is 17.4 Å². The maximum absolute atomic E-state index is 12.9. The van der Waals surface area contributed by atoms with E-state index in [1.54, 1.807) is 14.0 Å². The fourth-order valence-corrected chi connectivity index (χ4v) is 2.90. The van der Waals surface area contributed by atoms with Gasteiger partial charge in [0.05, 0.1) is 6.54 Å². The highest BCUT2D eigenvalue weighted by Gasteiger charge is 2.26. The van der Waals surface area contributed by atoms with Gasteiger partial charge in [0.15, 0.2) is 5.69 Å². The van der Waals surface area contributed by atoms with Crippen molar-refractivity contribution < 1.29 is 9.53 Å². The number of benzene rings is 1. The van der Waals surface area contributed by atoms with Gasteiger partial charge >= 0.3 is 5.69 Å². The summed E-state index contributed by atoms with van der Waals surface area (Å²) in [5, 5.41) is 0. The average molecular weight is 388 g/mol. The number of nitrogens with one attached hydrogen (secondary N) is 1. The molecule has 0 radical (unpaired) electrons. The lowest BCUT2D eigenvalue weighted by molar-refractivity contribution is -0.122. The Hall–Kier alpha value is -2.87. The number of carbonyl (C=O) groups is 1. The molecule has 8 heteroatoms. The van der Waals surface area contributed by atoms with E-state index in [9.17, 15) is 14.4 Å². The smallest absolute Gasteiger partial charge is 0.330 e. The molecule has 0 aliphatic rings. The summed E-state index contributed by atoms with van der Waals surface area (Å²) < 4.78 is 6.34. The zero-order chi connectivity index (χ0) is 20.7. The summed E-state index contributed by atoms with van der Waals surface area (Å²) in [5.41, 5.74) is 5.83. The summed E-state index contributed by atoms with van der Waals surface area (Å²) in [7, 11) is 1.57. The third-order valence-electron chi connectivity index (χ3n) is 4.70. The summed E-state index contributed by atoms with van der Waals surface area (Å²) in [6.07, 6.45) is 1.16. The number of aromatic nitrogens is 2. The van der Waals surface area contributed by atoms with Gasteiger partial charge in [0.1, 0.15) is 5.82 Å². The zero-order valence-corrected chi connectivity index (χ0v) is 16.6. The first-order chi connectivity index (χ1) is 13.4. The van der Waals surface area contributed by atoms with Crippen LogP contribution in [-0.2, 0) is 16.1 Å². The Bertz CT molecular complexity index is 905. The van der Waals surface area contributed by atoms with E-state index in [4.69, 9.17) is 10.5 Å². The van der Waals surface area contributed by atoms with Crippen LogP contribution in [0, 0.1) is 5.92 Å². The van der Waals surface area contributed by atoms with Gasteiger partial charge in [-0.25, -0.2) is 4.79 Å². The Morgan fingerprint density at radius 3 is 2.57 bits per heavy atom. The number of H-pyrrole nitrogens is 1. The number of carbonyl (C=O) groups excluding carboxylic acids is 1. The van der Waals surface area contributed by atoms with Gasteiger partial charge < -0.3 is 15.4 Å². The van der Waals surface area contributed by atoms with Crippen molar-refractivity contribution in [3.8, 4) is 0 Å². The molecular weight excluding hydrogens is 360 g/mol. The predicted molar refractivity (Wildman–Crippen MR) is 110 cm³/mol. The van der Waals surface area contributed by atoms with Crippen LogP contribution in [0.5, 0.6) is 0 Å². The highest BCUT2D eigenvalue weighted by molar-refractivity contribution is 5.96. The second kappa shape index (κ2) is 9.89. The molecule has 0 fully saturated rings. The standard InChI is InChI=1S/C20H28N4O4/c1-4-14(2)19(26)23(11-8-12-28-3)16-17(21)24(20(27)22-18(16)25)13-15-9-6-5-7-10-15/h5-7,9-10,14H,4,8,11-13,21H2,1-3H3,(H,22,25,27). The maximum Gasteiger partial charge on any atom is 0.330 e. The van der Waals surface area contributed by atoms with Crippen LogP contribution in [0.15, 0.2) is 39.9 Å². The number of rotatable bonds is 9. The molecule has 0 spiro atoms. The van der Waals surface area contributed by atoms with Crippen LogP contribution in [0.2, 0.25) is 0 Å². The van der Waals surface area contributed by atoms with Gasteiger partial charge in [0, 0.05) is 26.2 Å². The number of nitrogens with zero attached hydrogens (tertiary/aromatic N) is 2. The number of anilines is 2. The minimum absolute atomic E-state index is 0.0111. The Kier molecular flexibility index (Phi) is 7.57. The third kappa shape index (κ3) is 4.89.